The van der Waals surface area contributed by atoms with Crippen molar-refractivity contribution in [3.8, 4) is 0 Å². The molecule has 2 atom stereocenters. The van der Waals surface area contributed by atoms with Crippen molar-refractivity contribution in [3.05, 3.63) is 48.0 Å². The van der Waals surface area contributed by atoms with Gasteiger partial charge in [0.25, 0.3) is 5.60 Å². The zero-order valence-electron chi connectivity index (χ0n) is 17.2. The van der Waals surface area contributed by atoms with Gasteiger partial charge in [0, 0.05) is 38.9 Å². The number of carbonyl (C=O) groups excluding carboxylic acids is 2. The second kappa shape index (κ2) is 11.1. The van der Waals surface area contributed by atoms with E-state index in [1.54, 1.807) is 6.92 Å². The average molecular weight is 434 g/mol. The molecule has 1 aromatic carbocycles. The predicted molar refractivity (Wildman–Crippen MR) is 99.3 cm³/mol. The molecule has 0 spiro atoms. The van der Waals surface area contributed by atoms with Gasteiger partial charge in [-0.25, -0.2) is 9.59 Å². The topological polar surface area (TPSA) is 80.3 Å². The smallest absolute Gasteiger partial charge is 0.432 e. The van der Waals surface area contributed by atoms with E-state index in [0.29, 0.717) is 0 Å². The number of carbonyl (C=O) groups is 2. The minimum Gasteiger partial charge on any atom is -0.463 e. The van der Waals surface area contributed by atoms with Crippen molar-refractivity contribution in [2.24, 2.45) is 0 Å². The standard InChI is InChI=1S/C20H25F3O7/c1-6-29-16(24)13(2)12-15(17(26-3)27-4)30-18(25)19(28-5,20(21,22)23)14-10-8-7-9-11-14/h7-11,15,17H,2,6,12H2,1,3-5H3/t15-,19+/m1/s1. The van der Waals surface area contributed by atoms with E-state index in [-0.39, 0.29) is 18.6 Å². The first-order chi connectivity index (χ1) is 14.1. The van der Waals surface area contributed by atoms with Crippen molar-refractivity contribution < 1.29 is 46.4 Å². The van der Waals surface area contributed by atoms with Crippen molar-refractivity contribution in [2.75, 3.05) is 27.9 Å². The second-order valence-corrected chi connectivity index (χ2v) is 6.06. The first kappa shape index (κ1) is 25.6. The molecule has 0 saturated heterocycles. The Bertz CT molecular complexity index is 717. The third-order valence-electron chi connectivity index (χ3n) is 4.21. The molecule has 0 aliphatic heterocycles. The molecule has 0 aliphatic carbocycles. The molecule has 0 bridgehead atoms. The van der Waals surface area contributed by atoms with Gasteiger partial charge in [0.15, 0.2) is 12.4 Å². The molecule has 0 heterocycles. The maximum Gasteiger partial charge on any atom is 0.432 e. The van der Waals surface area contributed by atoms with E-state index in [1.165, 1.54) is 32.4 Å². The Balaban J connectivity index is 3.32. The lowest BCUT2D eigenvalue weighted by atomic mass is 9.92. The highest BCUT2D eigenvalue weighted by atomic mass is 19.4. The molecule has 0 amide bonds. The maximum atomic E-state index is 14.0. The zero-order chi connectivity index (χ0) is 22.9. The number of halogens is 3. The Morgan fingerprint density at radius 3 is 2.07 bits per heavy atom. The number of hydrogen-bond donors (Lipinski definition) is 0. The Morgan fingerprint density at radius 1 is 1.07 bits per heavy atom. The third-order valence-corrected chi connectivity index (χ3v) is 4.21. The minimum atomic E-state index is -5.15. The molecule has 0 fully saturated rings. The number of hydrogen-bond acceptors (Lipinski definition) is 7. The average Bonchev–Trinajstić information content (AvgIpc) is 2.69. The highest BCUT2D eigenvalue weighted by Crippen LogP contribution is 2.43. The summed E-state index contributed by atoms with van der Waals surface area (Å²) in [5.74, 6) is -2.54. The summed E-state index contributed by atoms with van der Waals surface area (Å²) < 4.78 is 66.8. The lowest BCUT2D eigenvalue weighted by molar-refractivity contribution is -0.283. The summed E-state index contributed by atoms with van der Waals surface area (Å²) in [7, 11) is 3.15. The first-order valence-electron chi connectivity index (χ1n) is 8.87. The molecule has 0 saturated carbocycles. The highest BCUT2D eigenvalue weighted by molar-refractivity contribution is 5.88. The highest BCUT2D eigenvalue weighted by Gasteiger charge is 2.64. The number of methoxy groups -OCH3 is 3. The number of rotatable bonds is 11. The lowest BCUT2D eigenvalue weighted by Gasteiger charge is -2.35. The van der Waals surface area contributed by atoms with Crippen LogP contribution in [0.3, 0.4) is 0 Å². The molecule has 0 aliphatic rings. The van der Waals surface area contributed by atoms with Gasteiger partial charge in [-0.3, -0.25) is 0 Å². The first-order valence-corrected chi connectivity index (χ1v) is 8.87. The van der Waals surface area contributed by atoms with Gasteiger partial charge in [-0.1, -0.05) is 36.9 Å². The van der Waals surface area contributed by atoms with E-state index in [9.17, 15) is 22.8 Å². The molecule has 0 N–H and O–H groups in total. The quantitative estimate of drug-likeness (QED) is 0.301. The van der Waals surface area contributed by atoms with Gasteiger partial charge in [0.05, 0.1) is 6.61 Å². The van der Waals surface area contributed by atoms with Crippen LogP contribution in [0, 0.1) is 0 Å². The van der Waals surface area contributed by atoms with E-state index < -0.39 is 41.7 Å². The predicted octanol–water partition coefficient (Wildman–Crippen LogP) is 3.13. The van der Waals surface area contributed by atoms with E-state index in [4.69, 9.17) is 23.7 Å². The molecule has 1 rings (SSSR count). The van der Waals surface area contributed by atoms with Crippen LogP contribution in [0.4, 0.5) is 13.2 Å². The molecular formula is C20H25F3O7. The number of benzene rings is 1. The van der Waals surface area contributed by atoms with Crippen LogP contribution in [0.1, 0.15) is 18.9 Å². The minimum absolute atomic E-state index is 0.0646. The van der Waals surface area contributed by atoms with Gasteiger partial charge in [0.2, 0.25) is 0 Å². The molecule has 10 heteroatoms. The van der Waals surface area contributed by atoms with Gasteiger partial charge < -0.3 is 23.7 Å². The van der Waals surface area contributed by atoms with Crippen LogP contribution in [0.25, 0.3) is 0 Å². The molecule has 1 aromatic rings. The summed E-state index contributed by atoms with van der Waals surface area (Å²) in [6.45, 7) is 5.17. The number of esters is 2. The van der Waals surface area contributed by atoms with E-state index in [0.717, 1.165) is 19.2 Å². The maximum absolute atomic E-state index is 14.0. The summed E-state index contributed by atoms with van der Waals surface area (Å²) in [4.78, 5) is 24.7. The number of ether oxygens (including phenoxy) is 5. The van der Waals surface area contributed by atoms with Gasteiger partial charge in [-0.15, -0.1) is 0 Å². The second-order valence-electron chi connectivity index (χ2n) is 6.06. The lowest BCUT2D eigenvalue weighted by Crippen LogP contribution is -2.53. The summed E-state index contributed by atoms with van der Waals surface area (Å²) >= 11 is 0. The summed E-state index contributed by atoms with van der Waals surface area (Å²) in [6.07, 6.45) is -8.26. The van der Waals surface area contributed by atoms with Crippen molar-refractivity contribution in [2.45, 2.75) is 37.5 Å². The Kier molecular flexibility index (Phi) is 9.47. The van der Waals surface area contributed by atoms with E-state index in [2.05, 4.69) is 6.58 Å². The van der Waals surface area contributed by atoms with Crippen LogP contribution in [0.5, 0.6) is 0 Å². The molecule has 30 heavy (non-hydrogen) atoms. The Morgan fingerprint density at radius 2 is 1.63 bits per heavy atom. The fourth-order valence-corrected chi connectivity index (χ4v) is 2.76. The van der Waals surface area contributed by atoms with Crippen molar-refractivity contribution in [3.63, 3.8) is 0 Å². The van der Waals surface area contributed by atoms with E-state index in [1.807, 2.05) is 0 Å². The largest absolute Gasteiger partial charge is 0.463 e. The van der Waals surface area contributed by atoms with Crippen LogP contribution in [0.15, 0.2) is 42.5 Å². The fourth-order valence-electron chi connectivity index (χ4n) is 2.76. The third kappa shape index (κ3) is 5.59. The molecule has 0 aromatic heterocycles. The van der Waals surface area contributed by atoms with Gasteiger partial charge in [0.1, 0.15) is 0 Å². The summed E-state index contributed by atoms with van der Waals surface area (Å²) in [6, 6.07) is 6.33. The van der Waals surface area contributed by atoms with Gasteiger partial charge in [-0.05, 0) is 6.92 Å². The van der Waals surface area contributed by atoms with Gasteiger partial charge in [-0.2, -0.15) is 13.2 Å². The Labute approximate surface area is 172 Å². The monoisotopic (exact) mass is 434 g/mol. The molecule has 0 unspecified atom stereocenters. The van der Waals surface area contributed by atoms with Crippen LogP contribution in [-0.4, -0.2) is 58.4 Å². The Hall–Kier alpha value is -2.43. The normalized spacial score (nSPS) is 14.7. The SMILES string of the molecule is C=C(C[C@@H](OC(=O)[C@@](OC)(c1ccccc1)C(F)(F)F)C(OC)OC)C(=O)OCC. The van der Waals surface area contributed by atoms with Crippen LogP contribution < -0.4 is 0 Å². The zero-order valence-corrected chi connectivity index (χ0v) is 17.2. The summed E-state index contributed by atoms with van der Waals surface area (Å²) in [5.41, 5.74) is -4.01. The molecular weight excluding hydrogens is 409 g/mol. The molecule has 7 nitrogen and oxygen atoms in total. The number of alkyl halides is 3. The fraction of sp³-hybridized carbons (Fsp3) is 0.500. The van der Waals surface area contributed by atoms with Crippen molar-refractivity contribution >= 4 is 11.9 Å². The van der Waals surface area contributed by atoms with Crippen molar-refractivity contribution in [1.82, 2.24) is 0 Å². The van der Waals surface area contributed by atoms with Crippen molar-refractivity contribution in [1.29, 1.82) is 0 Å². The molecule has 0 radical (unpaired) electrons. The van der Waals surface area contributed by atoms with Crippen LogP contribution >= 0.6 is 0 Å². The van der Waals surface area contributed by atoms with E-state index >= 15 is 0 Å². The van der Waals surface area contributed by atoms with Crippen LogP contribution in [0.2, 0.25) is 0 Å². The van der Waals surface area contributed by atoms with Gasteiger partial charge >= 0.3 is 18.1 Å². The molecule has 168 valence electrons. The summed E-state index contributed by atoms with van der Waals surface area (Å²) in [5, 5.41) is 0. The van der Waals surface area contributed by atoms with Crippen LogP contribution in [-0.2, 0) is 38.9 Å².